The van der Waals surface area contributed by atoms with Crippen LogP contribution in [0.25, 0.3) is 10.4 Å². The SMILES string of the molecule is CC(C)(O)c1ccc(-c2cc(C(N)=O)c(Nc3cccc(CN4CCCC4C(F)(F)F)n3)s2)c(F)c1. The average Bonchev–Trinajstić information content (AvgIpc) is 3.40. The lowest BCUT2D eigenvalue weighted by Gasteiger charge is -2.26. The number of alkyl halides is 3. The number of aromatic nitrogens is 1. The molecule has 3 heterocycles. The van der Waals surface area contributed by atoms with Crippen molar-refractivity contribution in [3.8, 4) is 10.4 Å². The van der Waals surface area contributed by atoms with Crippen molar-refractivity contribution in [1.29, 1.82) is 0 Å². The van der Waals surface area contributed by atoms with Gasteiger partial charge in [-0.1, -0.05) is 18.2 Å². The Morgan fingerprint density at radius 3 is 2.64 bits per heavy atom. The molecule has 1 unspecified atom stereocenters. The summed E-state index contributed by atoms with van der Waals surface area (Å²) in [6.45, 7) is 3.47. The molecule has 11 heteroatoms. The van der Waals surface area contributed by atoms with Gasteiger partial charge in [-0.3, -0.25) is 9.69 Å². The first-order chi connectivity index (χ1) is 16.8. The lowest BCUT2D eigenvalue weighted by Crippen LogP contribution is -2.40. The number of carbonyl (C=O) groups is 1. The van der Waals surface area contributed by atoms with Crippen molar-refractivity contribution in [2.75, 3.05) is 11.9 Å². The van der Waals surface area contributed by atoms with Crippen LogP contribution in [0, 0.1) is 5.82 Å². The van der Waals surface area contributed by atoms with Crippen molar-refractivity contribution in [2.24, 2.45) is 5.73 Å². The van der Waals surface area contributed by atoms with E-state index in [-0.39, 0.29) is 24.1 Å². The number of benzene rings is 1. The van der Waals surface area contributed by atoms with Crippen LogP contribution in [0.5, 0.6) is 0 Å². The molecule has 3 aromatic rings. The molecule has 0 aliphatic carbocycles. The van der Waals surface area contributed by atoms with E-state index in [1.165, 1.54) is 23.1 Å². The van der Waals surface area contributed by atoms with Crippen molar-refractivity contribution in [2.45, 2.75) is 51.1 Å². The zero-order valence-electron chi connectivity index (χ0n) is 19.7. The zero-order valence-corrected chi connectivity index (χ0v) is 20.5. The van der Waals surface area contributed by atoms with Gasteiger partial charge < -0.3 is 16.2 Å². The third-order valence-electron chi connectivity index (χ3n) is 6.09. The van der Waals surface area contributed by atoms with Crippen LogP contribution in [-0.2, 0) is 12.1 Å². The van der Waals surface area contributed by atoms with E-state index in [1.54, 1.807) is 38.1 Å². The molecule has 1 atom stereocenters. The highest BCUT2D eigenvalue weighted by Crippen LogP contribution is 2.39. The minimum absolute atomic E-state index is 0.0385. The summed E-state index contributed by atoms with van der Waals surface area (Å²) in [5.74, 6) is -0.970. The van der Waals surface area contributed by atoms with Crippen molar-refractivity contribution in [1.82, 2.24) is 9.88 Å². The van der Waals surface area contributed by atoms with E-state index in [2.05, 4.69) is 10.3 Å². The van der Waals surface area contributed by atoms with Crippen molar-refractivity contribution < 1.29 is 27.5 Å². The molecule has 1 aromatic carbocycles. The fourth-order valence-electron chi connectivity index (χ4n) is 4.24. The molecule has 1 fully saturated rings. The Hall–Kier alpha value is -3.02. The minimum Gasteiger partial charge on any atom is -0.386 e. The fourth-order valence-corrected chi connectivity index (χ4v) is 5.34. The van der Waals surface area contributed by atoms with Gasteiger partial charge in [0.05, 0.1) is 16.9 Å². The molecule has 0 bridgehead atoms. The molecule has 6 nitrogen and oxygen atoms in total. The summed E-state index contributed by atoms with van der Waals surface area (Å²) in [5, 5.41) is 13.5. The van der Waals surface area contributed by atoms with E-state index in [1.807, 2.05) is 0 Å². The highest BCUT2D eigenvalue weighted by molar-refractivity contribution is 7.19. The number of nitrogens with two attached hydrogens (primary N) is 1. The fraction of sp³-hybridized carbons (Fsp3) is 0.360. The first-order valence-corrected chi connectivity index (χ1v) is 12.1. The van der Waals surface area contributed by atoms with E-state index in [4.69, 9.17) is 5.73 Å². The number of pyridine rings is 1. The Morgan fingerprint density at radius 1 is 1.25 bits per heavy atom. The number of carbonyl (C=O) groups excluding carboxylic acids is 1. The van der Waals surface area contributed by atoms with Crippen LogP contribution in [0.1, 0.15) is 48.3 Å². The lowest BCUT2D eigenvalue weighted by molar-refractivity contribution is -0.177. The van der Waals surface area contributed by atoms with Crippen LogP contribution >= 0.6 is 11.3 Å². The molecular formula is C25H26F4N4O2S. The summed E-state index contributed by atoms with van der Waals surface area (Å²) >= 11 is 1.09. The van der Waals surface area contributed by atoms with Crippen LogP contribution in [0.3, 0.4) is 0 Å². The Labute approximate surface area is 209 Å². The van der Waals surface area contributed by atoms with Crippen molar-refractivity contribution in [3.05, 3.63) is 65.1 Å². The van der Waals surface area contributed by atoms with Gasteiger partial charge in [0.1, 0.15) is 22.7 Å². The van der Waals surface area contributed by atoms with Gasteiger partial charge in [-0.15, -0.1) is 11.3 Å². The normalized spacial score (nSPS) is 16.9. The van der Waals surface area contributed by atoms with Gasteiger partial charge in [-0.05, 0) is 63.1 Å². The Balaban J connectivity index is 1.59. The monoisotopic (exact) mass is 522 g/mol. The molecule has 36 heavy (non-hydrogen) atoms. The molecule has 1 saturated heterocycles. The summed E-state index contributed by atoms with van der Waals surface area (Å²) in [7, 11) is 0. The number of nitrogens with one attached hydrogen (secondary N) is 1. The van der Waals surface area contributed by atoms with Crippen molar-refractivity contribution in [3.63, 3.8) is 0 Å². The maximum Gasteiger partial charge on any atom is 0.404 e. The second-order valence-electron chi connectivity index (χ2n) is 9.28. The predicted molar refractivity (Wildman–Crippen MR) is 130 cm³/mol. The summed E-state index contributed by atoms with van der Waals surface area (Å²) < 4.78 is 54.7. The molecule has 2 aromatic heterocycles. The number of likely N-dealkylation sites (tertiary alicyclic amines) is 1. The average molecular weight is 523 g/mol. The van der Waals surface area contributed by atoms with E-state index in [9.17, 15) is 27.5 Å². The van der Waals surface area contributed by atoms with Gasteiger partial charge >= 0.3 is 6.18 Å². The van der Waals surface area contributed by atoms with Gasteiger partial charge in [-0.2, -0.15) is 13.2 Å². The van der Waals surface area contributed by atoms with Crippen molar-refractivity contribution >= 4 is 28.1 Å². The lowest BCUT2D eigenvalue weighted by atomic mass is 9.96. The number of aliphatic hydroxyl groups is 1. The molecule has 0 radical (unpaired) electrons. The first kappa shape index (κ1) is 26.1. The van der Waals surface area contributed by atoms with E-state index >= 15 is 0 Å². The molecule has 0 spiro atoms. The van der Waals surface area contributed by atoms with Gasteiger partial charge in [0, 0.05) is 17.0 Å². The van der Waals surface area contributed by atoms with E-state index < -0.39 is 29.5 Å². The Morgan fingerprint density at radius 2 is 2.00 bits per heavy atom. The second kappa shape index (κ2) is 9.79. The van der Waals surface area contributed by atoms with E-state index in [0.29, 0.717) is 39.9 Å². The highest BCUT2D eigenvalue weighted by atomic mass is 32.1. The second-order valence-corrected chi connectivity index (χ2v) is 10.3. The molecule has 1 amide bonds. The molecule has 4 N–H and O–H groups in total. The predicted octanol–water partition coefficient (Wildman–Crippen LogP) is 5.55. The van der Waals surface area contributed by atoms with Gasteiger partial charge in [-0.25, -0.2) is 9.37 Å². The number of hydrogen-bond acceptors (Lipinski definition) is 6. The maximum atomic E-state index is 14.9. The molecule has 4 rings (SSSR count). The number of rotatable bonds is 7. The van der Waals surface area contributed by atoms with Crippen LogP contribution in [0.15, 0.2) is 42.5 Å². The minimum atomic E-state index is -4.30. The third-order valence-corrected chi connectivity index (χ3v) is 7.18. The van der Waals surface area contributed by atoms with Crippen LogP contribution < -0.4 is 11.1 Å². The number of amides is 1. The first-order valence-electron chi connectivity index (χ1n) is 11.3. The molecule has 192 valence electrons. The smallest absolute Gasteiger partial charge is 0.386 e. The van der Waals surface area contributed by atoms with E-state index in [0.717, 1.165) is 11.3 Å². The standard InChI is InChI=1S/C25H26F4N4O2S/c1-24(2,35)14-8-9-16(18(26)11-14)19-12-17(22(30)34)23(36-19)32-21-7-3-5-15(31-21)13-33-10-4-6-20(33)25(27,28)29/h3,5,7-9,11-12,20,35H,4,6,10,13H2,1-2H3,(H2,30,34)(H,31,32). The molecule has 0 saturated carbocycles. The number of nitrogens with zero attached hydrogens (tertiary/aromatic N) is 2. The van der Waals surface area contributed by atoms with Gasteiger partial charge in [0.25, 0.3) is 5.91 Å². The molecular weight excluding hydrogens is 496 g/mol. The quantitative estimate of drug-likeness (QED) is 0.354. The van der Waals surface area contributed by atoms with Crippen LogP contribution in [-0.4, -0.2) is 39.7 Å². The number of halogens is 4. The van der Waals surface area contributed by atoms with Gasteiger partial charge in [0.2, 0.25) is 0 Å². The Kier molecular flexibility index (Phi) is 7.09. The summed E-state index contributed by atoms with van der Waals surface area (Å²) in [6, 6.07) is 9.28. The summed E-state index contributed by atoms with van der Waals surface area (Å²) in [5.41, 5.74) is 5.54. The number of anilines is 2. The van der Waals surface area contributed by atoms with Gasteiger partial charge in [0.15, 0.2) is 0 Å². The number of thiophene rings is 1. The van der Waals surface area contributed by atoms with Crippen LogP contribution in [0.4, 0.5) is 28.4 Å². The molecule has 1 aliphatic rings. The largest absolute Gasteiger partial charge is 0.404 e. The zero-order chi connectivity index (χ0) is 26.3. The highest BCUT2D eigenvalue weighted by Gasteiger charge is 2.45. The summed E-state index contributed by atoms with van der Waals surface area (Å²) in [4.78, 5) is 18.3. The number of primary amides is 1. The molecule has 1 aliphatic heterocycles. The topological polar surface area (TPSA) is 91.5 Å². The Bertz CT molecular complexity index is 1270. The number of hydrogen-bond donors (Lipinski definition) is 3. The van der Waals surface area contributed by atoms with Crippen LogP contribution in [0.2, 0.25) is 0 Å². The maximum absolute atomic E-state index is 14.9. The third kappa shape index (κ3) is 5.69. The summed E-state index contributed by atoms with van der Waals surface area (Å²) in [6.07, 6.45) is -3.76.